The second-order valence-corrected chi connectivity index (χ2v) is 9.92. The van der Waals surface area contributed by atoms with Gasteiger partial charge in [-0.1, -0.05) is 0 Å². The maximum Gasteiger partial charge on any atom is 0.229 e. The van der Waals surface area contributed by atoms with Gasteiger partial charge in [0.1, 0.15) is 5.82 Å². The van der Waals surface area contributed by atoms with E-state index in [1.165, 1.54) is 7.11 Å². The molecule has 1 saturated heterocycles. The number of fused-ring (bicyclic) bond motifs is 1. The maximum absolute atomic E-state index is 16.2. The van der Waals surface area contributed by atoms with Gasteiger partial charge >= 0.3 is 0 Å². The maximum atomic E-state index is 16.2. The van der Waals surface area contributed by atoms with Crippen LogP contribution in [-0.4, -0.2) is 63.1 Å². The number of benzene rings is 2. The van der Waals surface area contributed by atoms with Crippen molar-refractivity contribution in [3.05, 3.63) is 65.5 Å². The average molecular weight is 606 g/mol. The van der Waals surface area contributed by atoms with E-state index in [2.05, 4.69) is 51.6 Å². The van der Waals surface area contributed by atoms with Crippen molar-refractivity contribution < 1.29 is 13.9 Å². The van der Waals surface area contributed by atoms with Crippen molar-refractivity contribution in [1.29, 1.82) is 0 Å². The first-order valence-corrected chi connectivity index (χ1v) is 13.3. The van der Waals surface area contributed by atoms with Crippen molar-refractivity contribution in [2.75, 3.05) is 48.9 Å². The summed E-state index contributed by atoms with van der Waals surface area (Å²) >= 11 is 3.51. The molecule has 1 aliphatic heterocycles. The van der Waals surface area contributed by atoms with Crippen LogP contribution in [0.4, 0.5) is 33.2 Å². The fraction of sp³-hybridized carbons (Fsp3) is 0.222. The molecule has 3 aromatic heterocycles. The number of nitrogens with zero attached hydrogens (tertiary/aromatic N) is 7. The summed E-state index contributed by atoms with van der Waals surface area (Å²) < 4.78 is 29.6. The Bertz CT molecular complexity index is 1690. The predicted octanol–water partition coefficient (Wildman–Crippen LogP) is 5.05. The van der Waals surface area contributed by atoms with Crippen LogP contribution in [0.3, 0.4) is 0 Å². The lowest BCUT2D eigenvalue weighted by molar-refractivity contribution is 0.122. The molecule has 13 heteroatoms. The first-order valence-electron chi connectivity index (χ1n) is 12.5. The Balaban J connectivity index is 1.37. The number of aromatic nitrogens is 6. The number of halogens is 2. The van der Waals surface area contributed by atoms with Crippen molar-refractivity contribution in [2.24, 2.45) is 7.05 Å². The zero-order valence-electron chi connectivity index (χ0n) is 21.7. The molecule has 4 heterocycles. The summed E-state index contributed by atoms with van der Waals surface area (Å²) in [5, 5.41) is 10.7. The molecule has 0 aliphatic carbocycles. The fourth-order valence-corrected chi connectivity index (χ4v) is 4.89. The summed E-state index contributed by atoms with van der Waals surface area (Å²) in [6.45, 7) is 2.15. The third kappa shape index (κ3) is 5.12. The molecule has 0 bridgehead atoms. The largest absolute Gasteiger partial charge is 0.492 e. The summed E-state index contributed by atoms with van der Waals surface area (Å²) in [5.41, 5.74) is 4.57. The Morgan fingerprint density at radius 1 is 1.02 bits per heavy atom. The van der Waals surface area contributed by atoms with Crippen molar-refractivity contribution >= 4 is 55.8 Å². The van der Waals surface area contributed by atoms with E-state index in [9.17, 15) is 0 Å². The Kier molecular flexibility index (Phi) is 7.13. The van der Waals surface area contributed by atoms with Gasteiger partial charge in [-0.2, -0.15) is 10.1 Å². The fourth-order valence-electron chi connectivity index (χ4n) is 4.60. The molecule has 40 heavy (non-hydrogen) atoms. The van der Waals surface area contributed by atoms with Crippen LogP contribution >= 0.6 is 15.9 Å². The number of rotatable bonds is 7. The number of aryl methyl sites for hydroxylation is 1. The number of morpholine rings is 1. The highest BCUT2D eigenvalue weighted by Gasteiger charge is 2.26. The summed E-state index contributed by atoms with van der Waals surface area (Å²) in [6.07, 6.45) is 8.47. The van der Waals surface area contributed by atoms with Crippen LogP contribution in [0, 0.1) is 5.82 Å². The van der Waals surface area contributed by atoms with Crippen LogP contribution in [0.2, 0.25) is 0 Å². The van der Waals surface area contributed by atoms with Gasteiger partial charge in [0.25, 0.3) is 0 Å². The van der Waals surface area contributed by atoms with E-state index in [1.54, 1.807) is 29.5 Å². The molecule has 1 aliphatic rings. The van der Waals surface area contributed by atoms with E-state index in [1.807, 2.05) is 42.4 Å². The molecule has 1 fully saturated rings. The smallest absolute Gasteiger partial charge is 0.229 e. The second-order valence-electron chi connectivity index (χ2n) is 9.07. The summed E-state index contributed by atoms with van der Waals surface area (Å²) in [5.74, 6) is 0.335. The second kappa shape index (κ2) is 11.0. The number of nitrogens with one attached hydrogen (secondary N) is 2. The zero-order valence-corrected chi connectivity index (χ0v) is 23.3. The topological polar surface area (TPSA) is 115 Å². The molecular formula is C27H25BrFN9O2. The van der Waals surface area contributed by atoms with Crippen LogP contribution in [0.1, 0.15) is 0 Å². The number of methoxy groups -OCH3 is 1. The van der Waals surface area contributed by atoms with E-state index >= 15 is 4.39 Å². The molecule has 204 valence electrons. The third-order valence-corrected chi connectivity index (χ3v) is 7.05. The van der Waals surface area contributed by atoms with Crippen molar-refractivity contribution in [3.63, 3.8) is 0 Å². The summed E-state index contributed by atoms with van der Waals surface area (Å²) in [4.78, 5) is 19.7. The molecular weight excluding hydrogens is 581 g/mol. The molecule has 6 rings (SSSR count). The van der Waals surface area contributed by atoms with Crippen molar-refractivity contribution in [2.45, 2.75) is 0 Å². The van der Waals surface area contributed by atoms with Crippen LogP contribution in [0.25, 0.3) is 22.2 Å². The van der Waals surface area contributed by atoms with Gasteiger partial charge in [-0.05, 0) is 40.2 Å². The minimum absolute atomic E-state index is 0.0586. The molecule has 0 radical (unpaired) electrons. The lowest BCUT2D eigenvalue weighted by atomic mass is 10.0. The van der Waals surface area contributed by atoms with E-state index in [-0.39, 0.29) is 11.7 Å². The average Bonchev–Trinajstić information content (AvgIpc) is 3.41. The van der Waals surface area contributed by atoms with Gasteiger partial charge < -0.3 is 25.0 Å². The monoisotopic (exact) mass is 605 g/mol. The first-order chi connectivity index (χ1) is 19.5. The highest BCUT2D eigenvalue weighted by molar-refractivity contribution is 9.10. The van der Waals surface area contributed by atoms with Crippen molar-refractivity contribution in [1.82, 2.24) is 29.7 Å². The van der Waals surface area contributed by atoms with Crippen molar-refractivity contribution in [3.8, 4) is 16.9 Å². The van der Waals surface area contributed by atoms with Gasteiger partial charge in [0, 0.05) is 61.7 Å². The van der Waals surface area contributed by atoms with Crippen LogP contribution < -0.4 is 20.3 Å². The Hall–Kier alpha value is -4.36. The molecule has 0 atom stereocenters. The standard InChI is InChI=1S/C27H25BrFN9O2/c1-37-15-16(13-33-37)18-12-22(25(39-2)23(29)24(18)38-7-9-40-10-8-38)35-27-32-14-19(28)26(36-27)34-17-3-4-20-21(11-17)31-6-5-30-20/h3-6,11-15H,7-10H2,1-2H3,(H2,32,34,35,36). The predicted molar refractivity (Wildman–Crippen MR) is 154 cm³/mol. The van der Waals surface area contributed by atoms with E-state index in [0.29, 0.717) is 53.5 Å². The minimum Gasteiger partial charge on any atom is -0.492 e. The van der Waals surface area contributed by atoms with Crippen LogP contribution in [0.5, 0.6) is 5.75 Å². The number of ether oxygens (including phenoxy) is 2. The van der Waals surface area contributed by atoms with Gasteiger partial charge in [-0.3, -0.25) is 14.6 Å². The quantitative estimate of drug-likeness (QED) is 0.261. The third-order valence-electron chi connectivity index (χ3n) is 6.47. The number of hydrogen-bond donors (Lipinski definition) is 2. The Morgan fingerprint density at radius 3 is 2.58 bits per heavy atom. The SMILES string of the molecule is COc1c(Nc2ncc(Br)c(Nc3ccc4nccnc4c3)n2)cc(-c2cnn(C)c2)c(N2CCOCC2)c1F. The number of hydrogen-bond acceptors (Lipinski definition) is 10. The molecule has 5 aromatic rings. The zero-order chi connectivity index (χ0) is 27.6. The summed E-state index contributed by atoms with van der Waals surface area (Å²) in [7, 11) is 3.26. The van der Waals surface area contributed by atoms with E-state index in [4.69, 9.17) is 9.47 Å². The molecule has 0 amide bonds. The Morgan fingerprint density at radius 2 is 1.82 bits per heavy atom. The highest BCUT2D eigenvalue weighted by Crippen LogP contribution is 2.44. The molecule has 0 unspecified atom stereocenters. The lowest BCUT2D eigenvalue weighted by Crippen LogP contribution is -2.37. The highest BCUT2D eigenvalue weighted by atomic mass is 79.9. The molecule has 2 aromatic carbocycles. The molecule has 2 N–H and O–H groups in total. The molecule has 0 saturated carbocycles. The summed E-state index contributed by atoms with van der Waals surface area (Å²) in [6, 6.07) is 7.49. The molecule has 0 spiro atoms. The van der Waals surface area contributed by atoms with Gasteiger partial charge in [0.15, 0.2) is 11.6 Å². The van der Waals surface area contributed by atoms with Gasteiger partial charge in [0.2, 0.25) is 5.95 Å². The van der Waals surface area contributed by atoms with E-state index in [0.717, 1.165) is 22.3 Å². The normalized spacial score (nSPS) is 13.4. The van der Waals surface area contributed by atoms with Gasteiger partial charge in [0.05, 0.1) is 53.4 Å². The minimum atomic E-state index is -0.485. The van der Waals surface area contributed by atoms with Crippen LogP contribution in [0.15, 0.2) is 59.7 Å². The van der Waals surface area contributed by atoms with Crippen LogP contribution in [-0.2, 0) is 11.8 Å². The van der Waals surface area contributed by atoms with E-state index < -0.39 is 5.82 Å². The van der Waals surface area contributed by atoms with Gasteiger partial charge in [-0.15, -0.1) is 0 Å². The first kappa shape index (κ1) is 25.9. The van der Waals surface area contributed by atoms with Gasteiger partial charge in [-0.25, -0.2) is 9.37 Å². The Labute approximate surface area is 237 Å². The molecule has 11 nitrogen and oxygen atoms in total. The number of anilines is 5. The lowest BCUT2D eigenvalue weighted by Gasteiger charge is -2.31.